The molecule has 1 atom stereocenters. The van der Waals surface area contributed by atoms with Gasteiger partial charge in [-0.15, -0.1) is 0 Å². The number of amides is 2. The van der Waals surface area contributed by atoms with Gasteiger partial charge in [0, 0.05) is 44.1 Å². The third kappa shape index (κ3) is 6.04. The van der Waals surface area contributed by atoms with Crippen LogP contribution in [-0.2, 0) is 14.3 Å². The van der Waals surface area contributed by atoms with E-state index in [2.05, 4.69) is 10.2 Å². The predicted molar refractivity (Wildman–Crippen MR) is 133 cm³/mol. The lowest BCUT2D eigenvalue weighted by Gasteiger charge is -2.36. The van der Waals surface area contributed by atoms with Crippen LogP contribution in [0.15, 0.2) is 42.5 Å². The molecule has 1 unspecified atom stereocenters. The van der Waals surface area contributed by atoms with E-state index in [1.54, 1.807) is 12.1 Å². The molecule has 2 aliphatic heterocycles. The van der Waals surface area contributed by atoms with Crippen LogP contribution in [-0.4, -0.2) is 85.6 Å². The number of benzene rings is 2. The highest BCUT2D eigenvalue weighted by molar-refractivity contribution is 6.32. The molecule has 2 aliphatic rings. The van der Waals surface area contributed by atoms with Gasteiger partial charge in [0.05, 0.1) is 30.2 Å². The average molecular weight is 501 g/mol. The number of rotatable bonds is 6. The molecule has 2 N–H and O–H groups in total. The highest BCUT2D eigenvalue weighted by Gasteiger charge is 2.31. The van der Waals surface area contributed by atoms with Crippen molar-refractivity contribution in [1.29, 1.82) is 0 Å². The van der Waals surface area contributed by atoms with Crippen LogP contribution in [0.1, 0.15) is 16.8 Å². The van der Waals surface area contributed by atoms with Gasteiger partial charge in [-0.3, -0.25) is 14.5 Å². The van der Waals surface area contributed by atoms with E-state index in [4.69, 9.17) is 16.3 Å². The van der Waals surface area contributed by atoms with Gasteiger partial charge >= 0.3 is 5.97 Å². The van der Waals surface area contributed by atoms with Crippen molar-refractivity contribution in [2.45, 2.75) is 6.42 Å². The number of ether oxygens (including phenoxy) is 1. The number of methoxy groups -OCH3 is 1. The summed E-state index contributed by atoms with van der Waals surface area (Å²) in [5.74, 6) is -0.686. The molecule has 2 aromatic rings. The lowest BCUT2D eigenvalue weighted by Crippen LogP contribution is -2.51. The van der Waals surface area contributed by atoms with E-state index in [1.165, 1.54) is 19.2 Å². The van der Waals surface area contributed by atoms with Crippen molar-refractivity contribution in [2.75, 3.05) is 63.1 Å². The summed E-state index contributed by atoms with van der Waals surface area (Å²) in [6.07, 6.45) is 0.676. The molecule has 2 saturated heterocycles. The number of halogens is 1. The molecule has 0 saturated carbocycles. The van der Waals surface area contributed by atoms with Crippen LogP contribution in [0.3, 0.4) is 0 Å². The van der Waals surface area contributed by atoms with Crippen LogP contribution in [0.25, 0.3) is 0 Å². The zero-order chi connectivity index (χ0) is 24.9. The number of carbonyl (C=O) groups is 3. The van der Waals surface area contributed by atoms with Gasteiger partial charge in [-0.05, 0) is 49.4 Å². The molecular formula is C25H29ClN4O5. The number of esters is 1. The Morgan fingerprint density at radius 1 is 1.09 bits per heavy atom. The van der Waals surface area contributed by atoms with E-state index < -0.39 is 0 Å². The summed E-state index contributed by atoms with van der Waals surface area (Å²) in [5, 5.41) is 12.5. The first-order valence-electron chi connectivity index (χ1n) is 11.6. The largest absolute Gasteiger partial charge is 0.506 e. The van der Waals surface area contributed by atoms with E-state index in [0.717, 1.165) is 5.69 Å². The van der Waals surface area contributed by atoms with Crippen LogP contribution in [0, 0.1) is 5.92 Å². The van der Waals surface area contributed by atoms with E-state index >= 15 is 0 Å². The van der Waals surface area contributed by atoms with Crippen LogP contribution in [0.5, 0.6) is 5.75 Å². The van der Waals surface area contributed by atoms with Gasteiger partial charge in [-0.25, -0.2) is 4.79 Å². The summed E-state index contributed by atoms with van der Waals surface area (Å²) >= 11 is 5.91. The molecule has 2 heterocycles. The average Bonchev–Trinajstić information content (AvgIpc) is 3.34. The Bertz CT molecular complexity index is 1100. The summed E-state index contributed by atoms with van der Waals surface area (Å²) in [7, 11) is 1.36. The SMILES string of the molecule is COC(=O)c1cccc(N2CCN(C(=O)CN3CCC(C(=O)Nc4ccc(O)c(Cl)c4)C3)CC2)c1. The number of nitrogens with one attached hydrogen (secondary N) is 1. The second-order valence-corrected chi connectivity index (χ2v) is 9.19. The maximum absolute atomic E-state index is 12.9. The molecule has 2 aromatic carbocycles. The number of anilines is 2. The number of hydrogen-bond acceptors (Lipinski definition) is 7. The minimum Gasteiger partial charge on any atom is -0.506 e. The molecule has 0 radical (unpaired) electrons. The number of likely N-dealkylation sites (tertiary alicyclic amines) is 1. The van der Waals surface area contributed by atoms with Crippen molar-refractivity contribution in [1.82, 2.24) is 9.80 Å². The fourth-order valence-electron chi connectivity index (χ4n) is 4.47. The first kappa shape index (κ1) is 24.8. The van der Waals surface area contributed by atoms with Gasteiger partial charge in [0.2, 0.25) is 11.8 Å². The second-order valence-electron chi connectivity index (χ2n) is 8.79. The Morgan fingerprint density at radius 3 is 2.57 bits per heavy atom. The predicted octanol–water partition coefficient (Wildman–Crippen LogP) is 2.44. The minimum absolute atomic E-state index is 0.0363. The Kier molecular flexibility index (Phi) is 7.77. The van der Waals surface area contributed by atoms with Gasteiger partial charge in [0.1, 0.15) is 5.75 Å². The van der Waals surface area contributed by atoms with Gasteiger partial charge in [-0.1, -0.05) is 17.7 Å². The Hall–Kier alpha value is -3.30. The molecule has 9 nitrogen and oxygen atoms in total. The second kappa shape index (κ2) is 11.0. The molecule has 35 heavy (non-hydrogen) atoms. The molecule has 2 fully saturated rings. The number of nitrogens with zero attached hydrogens (tertiary/aromatic N) is 3. The standard InChI is InChI=1S/C25H29ClN4O5/c1-35-25(34)17-3-2-4-20(13-17)29-9-11-30(12-10-29)23(32)16-28-8-7-18(15-28)24(33)27-19-5-6-22(31)21(26)14-19/h2-6,13-14,18,31H,7-12,15-16H2,1H3,(H,27,33). The lowest BCUT2D eigenvalue weighted by molar-refractivity contribution is -0.132. The molecule has 4 rings (SSSR count). The number of hydrogen-bond donors (Lipinski definition) is 2. The maximum Gasteiger partial charge on any atom is 0.337 e. The highest BCUT2D eigenvalue weighted by atomic mass is 35.5. The number of phenols is 1. The van der Waals surface area contributed by atoms with E-state index in [-0.39, 0.29) is 41.0 Å². The normalized spacial score (nSPS) is 18.4. The summed E-state index contributed by atoms with van der Waals surface area (Å²) in [4.78, 5) is 43.3. The molecule has 10 heteroatoms. The molecule has 0 aromatic heterocycles. The van der Waals surface area contributed by atoms with Crippen LogP contribution < -0.4 is 10.2 Å². The Morgan fingerprint density at radius 2 is 1.86 bits per heavy atom. The van der Waals surface area contributed by atoms with Gasteiger partial charge in [-0.2, -0.15) is 0 Å². The zero-order valence-corrected chi connectivity index (χ0v) is 20.3. The fraction of sp³-hybridized carbons (Fsp3) is 0.400. The summed E-state index contributed by atoms with van der Waals surface area (Å²) in [6, 6.07) is 11.9. The van der Waals surface area contributed by atoms with Gasteiger partial charge < -0.3 is 25.0 Å². The quantitative estimate of drug-likeness (QED) is 0.464. The first-order valence-corrected chi connectivity index (χ1v) is 11.9. The van der Waals surface area contributed by atoms with Crippen molar-refractivity contribution >= 4 is 40.8 Å². The van der Waals surface area contributed by atoms with Crippen LogP contribution >= 0.6 is 11.6 Å². The van der Waals surface area contributed by atoms with Crippen molar-refractivity contribution in [3.05, 3.63) is 53.1 Å². The summed E-state index contributed by atoms with van der Waals surface area (Å²) in [6.45, 7) is 4.03. The number of phenolic OH excluding ortho intramolecular Hbond substituents is 1. The van der Waals surface area contributed by atoms with Gasteiger partial charge in [0.25, 0.3) is 0 Å². The molecule has 0 spiro atoms. The molecule has 186 valence electrons. The molecular weight excluding hydrogens is 472 g/mol. The molecule has 0 bridgehead atoms. The van der Waals surface area contributed by atoms with Crippen molar-refractivity contribution in [2.24, 2.45) is 5.92 Å². The Labute approximate surface area is 209 Å². The lowest BCUT2D eigenvalue weighted by atomic mass is 10.1. The summed E-state index contributed by atoms with van der Waals surface area (Å²) < 4.78 is 4.80. The molecule has 2 amide bonds. The summed E-state index contributed by atoms with van der Waals surface area (Å²) in [5.41, 5.74) is 1.97. The van der Waals surface area contributed by atoms with E-state index in [9.17, 15) is 19.5 Å². The number of piperazine rings is 1. The number of carbonyl (C=O) groups excluding carboxylic acids is 3. The first-order chi connectivity index (χ1) is 16.8. The topological polar surface area (TPSA) is 102 Å². The maximum atomic E-state index is 12.9. The number of aromatic hydroxyl groups is 1. The van der Waals surface area contributed by atoms with Crippen molar-refractivity contribution in [3.8, 4) is 5.75 Å². The molecule has 0 aliphatic carbocycles. The van der Waals surface area contributed by atoms with Crippen LogP contribution in [0.2, 0.25) is 5.02 Å². The monoisotopic (exact) mass is 500 g/mol. The van der Waals surface area contributed by atoms with Crippen molar-refractivity contribution in [3.63, 3.8) is 0 Å². The van der Waals surface area contributed by atoms with Crippen LogP contribution in [0.4, 0.5) is 11.4 Å². The third-order valence-corrected chi connectivity index (χ3v) is 6.78. The smallest absolute Gasteiger partial charge is 0.337 e. The third-order valence-electron chi connectivity index (χ3n) is 6.48. The van der Waals surface area contributed by atoms with Crippen molar-refractivity contribution < 1.29 is 24.2 Å². The highest BCUT2D eigenvalue weighted by Crippen LogP contribution is 2.27. The van der Waals surface area contributed by atoms with E-state index in [0.29, 0.717) is 56.9 Å². The Balaban J connectivity index is 1.24. The minimum atomic E-state index is -0.370. The van der Waals surface area contributed by atoms with Gasteiger partial charge in [0.15, 0.2) is 0 Å². The van der Waals surface area contributed by atoms with E-state index in [1.807, 2.05) is 28.0 Å². The zero-order valence-electron chi connectivity index (χ0n) is 19.6. The fourth-order valence-corrected chi connectivity index (χ4v) is 4.65.